The van der Waals surface area contributed by atoms with E-state index in [1.54, 1.807) is 39.4 Å². The zero-order chi connectivity index (χ0) is 18.0. The molecule has 5 nitrogen and oxygen atoms in total. The molecule has 0 saturated heterocycles. The van der Waals surface area contributed by atoms with Gasteiger partial charge in [0.2, 0.25) is 0 Å². The minimum atomic E-state index is -0.366. The third-order valence-electron chi connectivity index (χ3n) is 3.87. The molecule has 6 heteroatoms. The summed E-state index contributed by atoms with van der Waals surface area (Å²) in [6, 6.07) is 11.0. The SMILES string of the molecule is COc1ccc(/C=C2\C(=O)N(c3ccc(F)cc3)N=C2C)c(OC)c1. The van der Waals surface area contributed by atoms with Crippen LogP contribution in [0, 0.1) is 5.82 Å². The zero-order valence-corrected chi connectivity index (χ0v) is 14.1. The molecule has 3 rings (SSSR count). The number of hydrazone groups is 1. The van der Waals surface area contributed by atoms with E-state index in [1.165, 1.54) is 29.3 Å². The first-order valence-corrected chi connectivity index (χ1v) is 7.63. The fraction of sp³-hybridized carbons (Fsp3) is 0.158. The first-order chi connectivity index (χ1) is 12.0. The van der Waals surface area contributed by atoms with Crippen LogP contribution in [0.15, 0.2) is 53.1 Å². The third kappa shape index (κ3) is 3.24. The first kappa shape index (κ1) is 16.7. The highest BCUT2D eigenvalue weighted by Gasteiger charge is 2.29. The number of rotatable bonds is 4. The Hall–Kier alpha value is -3.15. The van der Waals surface area contributed by atoms with E-state index < -0.39 is 0 Å². The summed E-state index contributed by atoms with van der Waals surface area (Å²) in [6.45, 7) is 1.75. The lowest BCUT2D eigenvalue weighted by molar-refractivity contribution is -0.114. The van der Waals surface area contributed by atoms with Gasteiger partial charge in [-0.05, 0) is 49.4 Å². The van der Waals surface area contributed by atoms with Crippen molar-refractivity contribution in [2.24, 2.45) is 5.10 Å². The summed E-state index contributed by atoms with van der Waals surface area (Å²) >= 11 is 0. The predicted molar refractivity (Wildman–Crippen MR) is 94.5 cm³/mol. The van der Waals surface area contributed by atoms with E-state index >= 15 is 0 Å². The number of ether oxygens (including phenoxy) is 2. The molecule has 0 bridgehead atoms. The number of carbonyl (C=O) groups excluding carboxylic acids is 1. The molecule has 2 aromatic rings. The summed E-state index contributed by atoms with van der Waals surface area (Å²) in [5, 5.41) is 5.54. The van der Waals surface area contributed by atoms with Gasteiger partial charge in [-0.25, -0.2) is 4.39 Å². The molecule has 1 aliphatic heterocycles. The number of halogens is 1. The van der Waals surface area contributed by atoms with Crippen molar-refractivity contribution in [3.63, 3.8) is 0 Å². The number of anilines is 1. The van der Waals surface area contributed by atoms with Crippen LogP contribution in [0.3, 0.4) is 0 Å². The second kappa shape index (κ2) is 6.76. The normalized spacial score (nSPS) is 15.5. The molecule has 0 aromatic heterocycles. The lowest BCUT2D eigenvalue weighted by Gasteiger charge is -2.11. The van der Waals surface area contributed by atoms with E-state index in [1.807, 2.05) is 6.07 Å². The highest BCUT2D eigenvalue weighted by molar-refractivity contribution is 6.32. The van der Waals surface area contributed by atoms with Crippen LogP contribution in [0.25, 0.3) is 6.08 Å². The molecule has 0 atom stereocenters. The van der Waals surface area contributed by atoms with E-state index in [2.05, 4.69) is 5.10 Å². The Morgan fingerprint density at radius 1 is 1.08 bits per heavy atom. The molecule has 0 N–H and O–H groups in total. The van der Waals surface area contributed by atoms with Gasteiger partial charge in [-0.3, -0.25) is 4.79 Å². The largest absolute Gasteiger partial charge is 0.497 e. The van der Waals surface area contributed by atoms with Gasteiger partial charge < -0.3 is 9.47 Å². The van der Waals surface area contributed by atoms with Crippen molar-refractivity contribution < 1.29 is 18.7 Å². The van der Waals surface area contributed by atoms with Crippen LogP contribution >= 0.6 is 0 Å². The van der Waals surface area contributed by atoms with Crippen LogP contribution in [0.1, 0.15) is 12.5 Å². The van der Waals surface area contributed by atoms with Crippen molar-refractivity contribution in [1.29, 1.82) is 0 Å². The van der Waals surface area contributed by atoms with E-state index in [0.717, 1.165) is 5.56 Å². The molecule has 0 saturated carbocycles. The molecule has 0 aliphatic carbocycles. The molecule has 25 heavy (non-hydrogen) atoms. The van der Waals surface area contributed by atoms with Gasteiger partial charge in [-0.15, -0.1) is 0 Å². The van der Waals surface area contributed by atoms with Crippen molar-refractivity contribution in [3.05, 3.63) is 59.4 Å². The van der Waals surface area contributed by atoms with Gasteiger partial charge in [0, 0.05) is 11.6 Å². The highest BCUT2D eigenvalue weighted by atomic mass is 19.1. The van der Waals surface area contributed by atoms with Crippen LogP contribution in [-0.2, 0) is 4.79 Å². The molecule has 0 fully saturated rings. The first-order valence-electron chi connectivity index (χ1n) is 7.63. The van der Waals surface area contributed by atoms with Gasteiger partial charge in [0.05, 0.1) is 31.2 Å². The predicted octanol–water partition coefficient (Wildman–Crippen LogP) is 3.65. The lowest BCUT2D eigenvalue weighted by atomic mass is 10.1. The molecule has 128 valence electrons. The molecule has 1 heterocycles. The summed E-state index contributed by atoms with van der Waals surface area (Å²) < 4.78 is 23.6. The lowest BCUT2D eigenvalue weighted by Crippen LogP contribution is -2.21. The maximum atomic E-state index is 13.1. The number of benzene rings is 2. The van der Waals surface area contributed by atoms with Gasteiger partial charge in [0.1, 0.15) is 17.3 Å². The number of hydrogen-bond donors (Lipinski definition) is 0. The minimum absolute atomic E-state index is 0.276. The molecule has 0 unspecified atom stereocenters. The van der Waals surface area contributed by atoms with Crippen LogP contribution in [-0.4, -0.2) is 25.8 Å². The second-order valence-corrected chi connectivity index (χ2v) is 5.44. The molecule has 0 spiro atoms. The minimum Gasteiger partial charge on any atom is -0.497 e. The fourth-order valence-corrected chi connectivity index (χ4v) is 2.53. The van der Waals surface area contributed by atoms with Crippen molar-refractivity contribution in [2.75, 3.05) is 19.2 Å². The van der Waals surface area contributed by atoms with E-state index in [4.69, 9.17) is 9.47 Å². The Balaban J connectivity index is 1.96. The molecular weight excluding hydrogens is 323 g/mol. The molecule has 0 radical (unpaired) electrons. The monoisotopic (exact) mass is 340 g/mol. The Morgan fingerprint density at radius 2 is 1.80 bits per heavy atom. The van der Waals surface area contributed by atoms with Crippen LogP contribution < -0.4 is 14.5 Å². The van der Waals surface area contributed by atoms with Gasteiger partial charge in [-0.2, -0.15) is 10.1 Å². The molecule has 2 aromatic carbocycles. The average molecular weight is 340 g/mol. The van der Waals surface area contributed by atoms with Gasteiger partial charge in [-0.1, -0.05) is 0 Å². The van der Waals surface area contributed by atoms with Crippen molar-refractivity contribution >= 4 is 23.4 Å². The van der Waals surface area contributed by atoms with Gasteiger partial charge >= 0.3 is 0 Å². The van der Waals surface area contributed by atoms with E-state index in [9.17, 15) is 9.18 Å². The fourth-order valence-electron chi connectivity index (χ4n) is 2.53. The quantitative estimate of drug-likeness (QED) is 0.798. The number of amides is 1. The van der Waals surface area contributed by atoms with Gasteiger partial charge in [0.25, 0.3) is 5.91 Å². The van der Waals surface area contributed by atoms with E-state index in [-0.39, 0.29) is 11.7 Å². The average Bonchev–Trinajstić information content (AvgIpc) is 2.91. The topological polar surface area (TPSA) is 51.1 Å². The molecule has 1 aliphatic rings. The Labute approximate surface area is 145 Å². The summed E-state index contributed by atoms with van der Waals surface area (Å²) in [7, 11) is 3.13. The Morgan fingerprint density at radius 3 is 2.44 bits per heavy atom. The summed E-state index contributed by atoms with van der Waals surface area (Å²) in [4.78, 5) is 12.7. The zero-order valence-electron chi connectivity index (χ0n) is 14.1. The second-order valence-electron chi connectivity index (χ2n) is 5.44. The Bertz CT molecular complexity index is 873. The van der Waals surface area contributed by atoms with Crippen LogP contribution in [0.4, 0.5) is 10.1 Å². The maximum absolute atomic E-state index is 13.1. The third-order valence-corrected chi connectivity index (χ3v) is 3.87. The maximum Gasteiger partial charge on any atom is 0.280 e. The van der Waals surface area contributed by atoms with Crippen molar-refractivity contribution in [1.82, 2.24) is 0 Å². The van der Waals surface area contributed by atoms with Crippen molar-refractivity contribution in [3.8, 4) is 11.5 Å². The summed E-state index contributed by atoms with van der Waals surface area (Å²) in [5.41, 5.74) is 2.28. The summed E-state index contributed by atoms with van der Waals surface area (Å²) in [6.07, 6.45) is 1.73. The Kier molecular flexibility index (Phi) is 4.52. The molecular formula is C19H17FN2O3. The van der Waals surface area contributed by atoms with Crippen LogP contribution in [0.5, 0.6) is 11.5 Å². The van der Waals surface area contributed by atoms with Gasteiger partial charge in [0.15, 0.2) is 0 Å². The molecule has 1 amide bonds. The number of nitrogens with zero attached hydrogens (tertiary/aromatic N) is 2. The number of carbonyl (C=O) groups is 1. The van der Waals surface area contributed by atoms with E-state index in [0.29, 0.717) is 28.5 Å². The van der Waals surface area contributed by atoms with Crippen molar-refractivity contribution in [2.45, 2.75) is 6.92 Å². The smallest absolute Gasteiger partial charge is 0.280 e. The number of hydrogen-bond acceptors (Lipinski definition) is 4. The van der Waals surface area contributed by atoms with Crippen LogP contribution in [0.2, 0.25) is 0 Å². The highest BCUT2D eigenvalue weighted by Crippen LogP contribution is 2.30. The summed E-state index contributed by atoms with van der Waals surface area (Å²) in [5.74, 6) is 0.611. The standard InChI is InChI=1S/C19H17FN2O3/c1-12-17(10-13-4-9-16(24-2)11-18(13)25-3)19(23)22(21-12)15-7-5-14(20)6-8-15/h4-11H,1-3H3/b17-10-. The number of methoxy groups -OCH3 is 2.